The average Bonchev–Trinajstić information content (AvgIpc) is 3.63. The number of para-hydroxylation sites is 1. The minimum atomic E-state index is -0.195. The van der Waals surface area contributed by atoms with Crippen LogP contribution in [0.4, 0.5) is 0 Å². The van der Waals surface area contributed by atoms with Gasteiger partial charge >= 0.3 is 0 Å². The number of hydrogen-bond donors (Lipinski definition) is 0. The third kappa shape index (κ3) is 6.21. The van der Waals surface area contributed by atoms with Gasteiger partial charge in [-0.2, -0.15) is 0 Å². The first-order valence-corrected chi connectivity index (χ1v) is 19.5. The Balaban J connectivity index is 1.28. The van der Waals surface area contributed by atoms with Crippen LogP contribution in [0.15, 0.2) is 195 Å². The third-order valence-electron chi connectivity index (χ3n) is 11.2. The molecule has 4 heterocycles. The fourth-order valence-electron chi connectivity index (χ4n) is 8.07. The number of pyridine rings is 2. The van der Waals surface area contributed by atoms with Gasteiger partial charge in [-0.1, -0.05) is 129 Å². The van der Waals surface area contributed by atoms with Gasteiger partial charge in [-0.15, -0.1) is 0 Å². The Labute approximate surface area is 337 Å². The monoisotopic (exact) mass is 746 g/mol. The Morgan fingerprint density at radius 3 is 1.40 bits per heavy atom. The lowest BCUT2D eigenvalue weighted by Crippen LogP contribution is -2.18. The quantitative estimate of drug-likeness (QED) is 0.155. The van der Waals surface area contributed by atoms with Gasteiger partial charge in [0.25, 0.3) is 0 Å². The fraction of sp³-hybridized carbons (Fsp3) is 0.0577. The van der Waals surface area contributed by atoms with E-state index in [0.717, 1.165) is 55.7 Å². The molecule has 0 unspecified atom stereocenters. The van der Waals surface area contributed by atoms with Crippen LogP contribution < -0.4 is 0 Å². The van der Waals surface area contributed by atoms with Crippen molar-refractivity contribution < 1.29 is 0 Å². The predicted octanol–water partition coefficient (Wildman–Crippen LogP) is 12.4. The molecule has 10 rings (SSSR count). The van der Waals surface area contributed by atoms with E-state index in [1.165, 1.54) is 21.9 Å². The molecule has 0 bridgehead atoms. The van der Waals surface area contributed by atoms with E-state index in [-0.39, 0.29) is 5.41 Å². The van der Waals surface area contributed by atoms with Crippen LogP contribution in [0.5, 0.6) is 0 Å². The van der Waals surface area contributed by atoms with Gasteiger partial charge in [-0.25, -0.2) is 15.0 Å². The van der Waals surface area contributed by atoms with Crippen molar-refractivity contribution in [2.45, 2.75) is 19.3 Å². The Morgan fingerprint density at radius 1 is 0.379 bits per heavy atom. The molecule has 58 heavy (non-hydrogen) atoms. The summed E-state index contributed by atoms with van der Waals surface area (Å²) < 4.78 is 2.45. The second-order valence-corrected chi connectivity index (χ2v) is 15.0. The lowest BCUT2D eigenvalue weighted by atomic mass is 9.78. The Morgan fingerprint density at radius 2 is 0.845 bits per heavy atom. The number of fused-ring (bicyclic) bond motifs is 3. The van der Waals surface area contributed by atoms with E-state index in [1.807, 2.05) is 24.3 Å². The van der Waals surface area contributed by atoms with Crippen LogP contribution in [-0.4, -0.2) is 29.5 Å². The number of nitrogens with zero attached hydrogens (tertiary/aromatic N) is 6. The minimum Gasteiger partial charge on any atom is -0.308 e. The van der Waals surface area contributed by atoms with E-state index in [1.54, 1.807) is 24.8 Å². The molecular formula is C52H38N6. The van der Waals surface area contributed by atoms with Crippen molar-refractivity contribution in [3.05, 3.63) is 206 Å². The summed E-state index contributed by atoms with van der Waals surface area (Å²) in [5, 5.41) is 2.41. The first-order valence-electron chi connectivity index (χ1n) is 19.5. The van der Waals surface area contributed by atoms with Crippen molar-refractivity contribution in [3.63, 3.8) is 0 Å². The van der Waals surface area contributed by atoms with Gasteiger partial charge in [-0.3, -0.25) is 9.97 Å². The molecule has 0 spiro atoms. The molecule has 6 aromatic carbocycles. The van der Waals surface area contributed by atoms with Crippen LogP contribution in [0.3, 0.4) is 0 Å². The van der Waals surface area contributed by atoms with Gasteiger partial charge < -0.3 is 4.57 Å². The van der Waals surface area contributed by atoms with E-state index in [4.69, 9.17) is 15.0 Å². The molecule has 0 radical (unpaired) electrons. The van der Waals surface area contributed by atoms with Crippen LogP contribution in [0.25, 0.3) is 83.9 Å². The summed E-state index contributed by atoms with van der Waals surface area (Å²) in [5.74, 6) is 1.72. The molecule has 0 aliphatic carbocycles. The summed E-state index contributed by atoms with van der Waals surface area (Å²) in [5.41, 5.74) is 12.6. The van der Waals surface area contributed by atoms with E-state index in [0.29, 0.717) is 17.5 Å². The van der Waals surface area contributed by atoms with Crippen molar-refractivity contribution in [2.24, 2.45) is 0 Å². The Kier molecular flexibility index (Phi) is 8.72. The summed E-state index contributed by atoms with van der Waals surface area (Å²) >= 11 is 0. The van der Waals surface area contributed by atoms with Crippen LogP contribution in [0.2, 0.25) is 0 Å². The number of aromatic nitrogens is 6. The highest BCUT2D eigenvalue weighted by atomic mass is 15.0. The molecule has 6 nitrogen and oxygen atoms in total. The van der Waals surface area contributed by atoms with Crippen molar-refractivity contribution >= 4 is 21.8 Å². The zero-order valence-electron chi connectivity index (χ0n) is 32.2. The summed E-state index contributed by atoms with van der Waals surface area (Å²) in [6, 6.07) is 60.0. The maximum absolute atomic E-state index is 5.15. The minimum absolute atomic E-state index is 0.195. The molecule has 0 aliphatic heterocycles. The molecule has 0 amide bonds. The van der Waals surface area contributed by atoms with Crippen molar-refractivity contribution in [1.29, 1.82) is 0 Å². The van der Waals surface area contributed by atoms with Crippen LogP contribution >= 0.6 is 0 Å². The number of benzene rings is 6. The topological polar surface area (TPSA) is 69.4 Å². The Hall–Kier alpha value is -7.57. The average molecular weight is 747 g/mol. The highest BCUT2D eigenvalue weighted by molar-refractivity contribution is 6.11. The first kappa shape index (κ1) is 34.9. The lowest BCUT2D eigenvalue weighted by molar-refractivity contribution is 0.642. The standard InChI is InChI=1S/C52H38N6/c1-52(2,40-18-10-5-11-19-40)41-22-23-47-45(34-41)42-20-12-13-21-46(42)58(47)48-43(35-14-6-3-7-15-35)32-39(33-44(48)36-16-8-4-9-17-36)51-56-49(37-24-28-53-29-25-37)55-50(57-51)38-26-30-54-31-27-38/h3-34H,1-2H3. The summed E-state index contributed by atoms with van der Waals surface area (Å²) in [4.78, 5) is 23.7. The maximum atomic E-state index is 5.15. The summed E-state index contributed by atoms with van der Waals surface area (Å²) in [6.07, 6.45) is 7.05. The third-order valence-corrected chi connectivity index (χ3v) is 11.2. The van der Waals surface area contributed by atoms with E-state index >= 15 is 0 Å². The second kappa shape index (κ2) is 14.5. The van der Waals surface area contributed by atoms with Gasteiger partial charge in [0.15, 0.2) is 17.5 Å². The van der Waals surface area contributed by atoms with Gasteiger partial charge in [0.05, 0.1) is 16.7 Å². The molecular weight excluding hydrogens is 709 g/mol. The summed E-state index contributed by atoms with van der Waals surface area (Å²) in [6.45, 7) is 4.62. The molecule has 0 fully saturated rings. The molecule has 276 valence electrons. The zero-order chi connectivity index (χ0) is 39.1. The molecule has 0 saturated carbocycles. The van der Waals surface area contributed by atoms with Gasteiger partial charge in [-0.05, 0) is 76.9 Å². The Bertz CT molecular complexity index is 2930. The number of hydrogen-bond acceptors (Lipinski definition) is 5. The largest absolute Gasteiger partial charge is 0.308 e. The lowest BCUT2D eigenvalue weighted by Gasteiger charge is -2.26. The highest BCUT2D eigenvalue weighted by Gasteiger charge is 2.26. The first-order chi connectivity index (χ1) is 28.5. The van der Waals surface area contributed by atoms with Crippen LogP contribution in [-0.2, 0) is 5.41 Å². The fourth-order valence-corrected chi connectivity index (χ4v) is 8.07. The van der Waals surface area contributed by atoms with Crippen molar-refractivity contribution in [1.82, 2.24) is 29.5 Å². The molecule has 0 aliphatic rings. The summed E-state index contributed by atoms with van der Waals surface area (Å²) in [7, 11) is 0. The normalized spacial score (nSPS) is 11.6. The van der Waals surface area contributed by atoms with Gasteiger partial charge in [0.2, 0.25) is 0 Å². The van der Waals surface area contributed by atoms with E-state index in [2.05, 4.69) is 174 Å². The van der Waals surface area contributed by atoms with E-state index < -0.39 is 0 Å². The second-order valence-electron chi connectivity index (χ2n) is 15.0. The van der Waals surface area contributed by atoms with Crippen LogP contribution in [0.1, 0.15) is 25.0 Å². The number of rotatable bonds is 8. The molecule has 10 aromatic rings. The van der Waals surface area contributed by atoms with Crippen LogP contribution in [0, 0.1) is 0 Å². The molecule has 0 atom stereocenters. The van der Waals surface area contributed by atoms with Crippen molar-refractivity contribution in [2.75, 3.05) is 0 Å². The van der Waals surface area contributed by atoms with Crippen molar-refractivity contribution in [3.8, 4) is 62.1 Å². The highest BCUT2D eigenvalue weighted by Crippen LogP contribution is 2.45. The maximum Gasteiger partial charge on any atom is 0.164 e. The molecule has 0 N–H and O–H groups in total. The smallest absolute Gasteiger partial charge is 0.164 e. The zero-order valence-corrected chi connectivity index (χ0v) is 32.2. The molecule has 4 aromatic heterocycles. The molecule has 6 heteroatoms. The van der Waals surface area contributed by atoms with E-state index in [9.17, 15) is 0 Å². The molecule has 0 saturated heterocycles. The van der Waals surface area contributed by atoms with Gasteiger partial charge in [0.1, 0.15) is 0 Å². The predicted molar refractivity (Wildman–Crippen MR) is 236 cm³/mol. The SMILES string of the molecule is CC(C)(c1ccccc1)c1ccc2c(c1)c1ccccc1n2-c1c(-c2ccccc2)cc(-c2nc(-c3ccncc3)nc(-c3ccncc3)n2)cc1-c1ccccc1. The van der Waals surface area contributed by atoms with Gasteiger partial charge in [0, 0.05) is 68.8 Å².